The van der Waals surface area contributed by atoms with Gasteiger partial charge in [0.15, 0.2) is 0 Å². The van der Waals surface area contributed by atoms with Crippen LogP contribution in [-0.4, -0.2) is 24.0 Å². The van der Waals surface area contributed by atoms with E-state index < -0.39 is 5.91 Å². The maximum Gasteiger partial charge on any atom is 0.319 e. The third-order valence-corrected chi connectivity index (χ3v) is 5.67. The second-order valence-electron chi connectivity index (χ2n) is 8.48. The molecule has 0 aliphatic rings. The van der Waals surface area contributed by atoms with Crippen molar-refractivity contribution in [1.82, 2.24) is 10.3 Å². The number of primary amides is 1. The predicted molar refractivity (Wildman–Crippen MR) is 134 cm³/mol. The normalized spacial score (nSPS) is 11.7. The van der Waals surface area contributed by atoms with E-state index in [0.717, 1.165) is 27.8 Å². The molecule has 0 radical (unpaired) electrons. The van der Waals surface area contributed by atoms with Crippen molar-refractivity contribution < 1.29 is 14.3 Å². The Morgan fingerprint density at radius 1 is 1.00 bits per heavy atom. The first-order chi connectivity index (χ1) is 16.3. The molecule has 1 unspecified atom stereocenters. The maximum absolute atomic E-state index is 13.0. The van der Waals surface area contributed by atoms with Gasteiger partial charge in [0, 0.05) is 16.6 Å². The van der Waals surface area contributed by atoms with Crippen LogP contribution in [0.25, 0.3) is 10.9 Å². The number of aryl methyl sites for hydroxylation is 2. The number of hydrogen-bond acceptors (Lipinski definition) is 3. The van der Waals surface area contributed by atoms with Gasteiger partial charge in [-0.2, -0.15) is 0 Å². The second-order valence-corrected chi connectivity index (χ2v) is 8.48. The van der Waals surface area contributed by atoms with E-state index in [0.29, 0.717) is 17.8 Å². The van der Waals surface area contributed by atoms with E-state index in [1.165, 1.54) is 11.1 Å². The first-order valence-electron chi connectivity index (χ1n) is 11.0. The van der Waals surface area contributed by atoms with Gasteiger partial charge in [0.25, 0.3) is 5.91 Å². The largest absolute Gasteiger partial charge is 0.497 e. The predicted octanol–water partition coefficient (Wildman–Crippen LogP) is 5.00. The van der Waals surface area contributed by atoms with Gasteiger partial charge in [-0.1, -0.05) is 41.5 Å². The number of H-pyrrole nitrogens is 1. The summed E-state index contributed by atoms with van der Waals surface area (Å²) in [6, 6.07) is 20.5. The zero-order chi connectivity index (χ0) is 24.2. The van der Waals surface area contributed by atoms with Gasteiger partial charge in [0.2, 0.25) is 0 Å². The number of aromatic amines is 1. The SMILES string of the molecule is COc1cccc(C(Cc2cc(C)cc(C)c2)NC(=O)Nc2ccc3[nH]c(C(N)=O)cc3c2)c1. The fourth-order valence-electron chi connectivity index (χ4n) is 4.20. The highest BCUT2D eigenvalue weighted by Gasteiger charge is 2.17. The molecule has 3 aromatic carbocycles. The van der Waals surface area contributed by atoms with Gasteiger partial charge in [-0.05, 0) is 67.8 Å². The van der Waals surface area contributed by atoms with Crippen LogP contribution in [0, 0.1) is 13.8 Å². The van der Waals surface area contributed by atoms with Crippen LogP contribution in [0.5, 0.6) is 5.75 Å². The van der Waals surface area contributed by atoms with Crippen molar-refractivity contribution in [3.63, 3.8) is 0 Å². The summed E-state index contributed by atoms with van der Waals surface area (Å²) in [5, 5.41) is 6.79. The van der Waals surface area contributed by atoms with E-state index in [2.05, 4.69) is 47.7 Å². The van der Waals surface area contributed by atoms with Crippen molar-refractivity contribution >= 4 is 28.5 Å². The van der Waals surface area contributed by atoms with E-state index in [9.17, 15) is 9.59 Å². The van der Waals surface area contributed by atoms with Crippen LogP contribution in [0.15, 0.2) is 66.7 Å². The van der Waals surface area contributed by atoms with Gasteiger partial charge in [-0.3, -0.25) is 4.79 Å². The Morgan fingerprint density at radius 3 is 2.47 bits per heavy atom. The van der Waals surface area contributed by atoms with E-state index in [1.54, 1.807) is 31.4 Å². The highest BCUT2D eigenvalue weighted by atomic mass is 16.5. The number of aromatic nitrogens is 1. The number of anilines is 1. The average molecular weight is 457 g/mol. The van der Waals surface area contributed by atoms with Crippen molar-refractivity contribution in [1.29, 1.82) is 0 Å². The quantitative estimate of drug-likeness (QED) is 0.314. The Hall–Kier alpha value is -4.26. The summed E-state index contributed by atoms with van der Waals surface area (Å²) in [6.45, 7) is 4.13. The van der Waals surface area contributed by atoms with Crippen LogP contribution in [-0.2, 0) is 6.42 Å². The summed E-state index contributed by atoms with van der Waals surface area (Å²) in [4.78, 5) is 27.4. The number of urea groups is 1. The molecule has 7 heteroatoms. The summed E-state index contributed by atoms with van der Waals surface area (Å²) in [5.41, 5.74) is 11.5. The number of nitrogens with one attached hydrogen (secondary N) is 3. The number of ether oxygens (including phenoxy) is 1. The third kappa shape index (κ3) is 5.38. The molecule has 34 heavy (non-hydrogen) atoms. The molecule has 174 valence electrons. The molecular formula is C27H28N4O3. The molecule has 0 aliphatic heterocycles. The Bertz CT molecular complexity index is 1340. The minimum atomic E-state index is -0.532. The summed E-state index contributed by atoms with van der Waals surface area (Å²) in [7, 11) is 1.62. The van der Waals surface area contributed by atoms with Crippen molar-refractivity contribution in [2.75, 3.05) is 12.4 Å². The molecule has 3 amide bonds. The zero-order valence-electron chi connectivity index (χ0n) is 19.4. The Morgan fingerprint density at radius 2 is 1.76 bits per heavy atom. The second kappa shape index (κ2) is 9.70. The molecule has 1 aromatic heterocycles. The molecule has 7 nitrogen and oxygen atoms in total. The van der Waals surface area contributed by atoms with E-state index in [4.69, 9.17) is 10.5 Å². The zero-order valence-corrected chi connectivity index (χ0v) is 19.4. The molecule has 4 aromatic rings. The van der Waals surface area contributed by atoms with Gasteiger partial charge in [-0.15, -0.1) is 0 Å². The van der Waals surface area contributed by atoms with Crippen molar-refractivity contribution in [3.05, 3.63) is 94.7 Å². The lowest BCUT2D eigenvalue weighted by atomic mass is 9.96. The number of benzene rings is 3. The van der Waals surface area contributed by atoms with E-state index >= 15 is 0 Å². The number of nitrogens with two attached hydrogens (primary N) is 1. The van der Waals surface area contributed by atoms with E-state index in [1.807, 2.05) is 24.3 Å². The first kappa shape index (κ1) is 22.9. The topological polar surface area (TPSA) is 109 Å². The van der Waals surface area contributed by atoms with E-state index in [-0.39, 0.29) is 12.1 Å². The lowest BCUT2D eigenvalue weighted by Gasteiger charge is -2.21. The van der Waals surface area contributed by atoms with Crippen molar-refractivity contribution in [3.8, 4) is 5.75 Å². The molecule has 5 N–H and O–H groups in total. The third-order valence-electron chi connectivity index (χ3n) is 5.67. The molecule has 0 bridgehead atoms. The van der Waals surface area contributed by atoms with Crippen LogP contribution in [0.3, 0.4) is 0 Å². The molecule has 0 fully saturated rings. The first-order valence-corrected chi connectivity index (χ1v) is 11.0. The standard InChI is InChI=1S/C27H28N4O3/c1-16-9-17(2)11-18(10-16)12-24(19-5-4-6-22(14-19)34-3)31-27(33)29-21-7-8-23-20(13-21)15-25(30-23)26(28)32/h4-11,13-15,24,30H,12H2,1-3H3,(H2,28,32)(H2,29,31,33). The van der Waals surface area contributed by atoms with Crippen molar-refractivity contribution in [2.24, 2.45) is 5.73 Å². The van der Waals surface area contributed by atoms with Crippen LogP contribution < -0.4 is 21.1 Å². The number of amides is 3. The molecule has 0 saturated carbocycles. The summed E-state index contributed by atoms with van der Waals surface area (Å²) in [5.74, 6) is 0.198. The summed E-state index contributed by atoms with van der Waals surface area (Å²) >= 11 is 0. The van der Waals surface area contributed by atoms with Crippen LogP contribution in [0.4, 0.5) is 10.5 Å². The van der Waals surface area contributed by atoms with Gasteiger partial charge >= 0.3 is 6.03 Å². The van der Waals surface area contributed by atoms with Crippen molar-refractivity contribution in [2.45, 2.75) is 26.3 Å². The Labute approximate surface area is 198 Å². The van der Waals surface area contributed by atoms with Gasteiger partial charge < -0.3 is 26.1 Å². The summed E-state index contributed by atoms with van der Waals surface area (Å²) < 4.78 is 5.39. The number of carbonyl (C=O) groups excluding carboxylic acids is 2. The molecule has 4 rings (SSSR count). The molecule has 0 saturated heterocycles. The molecule has 1 atom stereocenters. The minimum Gasteiger partial charge on any atom is -0.497 e. The number of methoxy groups -OCH3 is 1. The number of rotatable bonds is 7. The average Bonchev–Trinajstić information content (AvgIpc) is 3.22. The monoisotopic (exact) mass is 456 g/mol. The fraction of sp³-hybridized carbons (Fsp3) is 0.185. The molecule has 1 heterocycles. The Balaban J connectivity index is 1.56. The van der Waals surface area contributed by atoms with Gasteiger partial charge in [0.1, 0.15) is 11.4 Å². The fourth-order valence-corrected chi connectivity index (χ4v) is 4.20. The maximum atomic E-state index is 13.0. The molecule has 0 aliphatic carbocycles. The smallest absolute Gasteiger partial charge is 0.319 e. The lowest BCUT2D eigenvalue weighted by molar-refractivity contribution is 0.0996. The highest BCUT2D eigenvalue weighted by Crippen LogP contribution is 2.25. The molecule has 0 spiro atoms. The minimum absolute atomic E-state index is 0.270. The highest BCUT2D eigenvalue weighted by molar-refractivity contribution is 5.99. The lowest BCUT2D eigenvalue weighted by Crippen LogP contribution is -2.33. The number of fused-ring (bicyclic) bond motifs is 1. The number of hydrogen-bond donors (Lipinski definition) is 4. The van der Waals surface area contributed by atoms with Crippen LogP contribution in [0.2, 0.25) is 0 Å². The van der Waals surface area contributed by atoms with Gasteiger partial charge in [-0.25, -0.2) is 4.79 Å². The molecular weight excluding hydrogens is 428 g/mol. The van der Waals surface area contributed by atoms with Crippen LogP contribution in [0.1, 0.15) is 38.8 Å². The number of carbonyl (C=O) groups is 2. The summed E-state index contributed by atoms with van der Waals surface area (Å²) in [6.07, 6.45) is 0.627. The Kier molecular flexibility index (Phi) is 6.54. The van der Waals surface area contributed by atoms with Gasteiger partial charge in [0.05, 0.1) is 13.2 Å². The van der Waals surface area contributed by atoms with Crippen LogP contribution >= 0.6 is 0 Å².